The van der Waals surface area contributed by atoms with E-state index in [1.165, 1.54) is 0 Å². The summed E-state index contributed by atoms with van der Waals surface area (Å²) in [6, 6.07) is 9.83. The minimum absolute atomic E-state index is 0.150. The monoisotopic (exact) mass is 698 g/mol. The van der Waals surface area contributed by atoms with Gasteiger partial charge in [-0.15, -0.1) is 0 Å². The lowest BCUT2D eigenvalue weighted by Gasteiger charge is -2.25. The molecule has 0 aromatic carbocycles. The molecule has 5 atom stereocenters. The van der Waals surface area contributed by atoms with Crippen molar-refractivity contribution in [3.05, 3.63) is 57.0 Å². The summed E-state index contributed by atoms with van der Waals surface area (Å²) in [4.78, 5) is 8.45. The van der Waals surface area contributed by atoms with Crippen LogP contribution in [0.5, 0.6) is 0 Å². The summed E-state index contributed by atoms with van der Waals surface area (Å²) in [5, 5.41) is 0. The molecule has 1 N–H and O–H groups in total. The predicted octanol–water partition coefficient (Wildman–Crippen LogP) is 7.53. The van der Waals surface area contributed by atoms with Crippen LogP contribution in [-0.4, -0.2) is 45.9 Å². The summed E-state index contributed by atoms with van der Waals surface area (Å²) in [7, 11) is -2.85. The van der Waals surface area contributed by atoms with Crippen molar-refractivity contribution in [3.63, 3.8) is 0 Å². The Balaban J connectivity index is 0.000000380. The second kappa shape index (κ2) is 15.7. The Hall–Kier alpha value is -0.950. The number of alkyl halides is 2. The Kier molecular flexibility index (Phi) is 14.5. The highest BCUT2D eigenvalue weighted by Gasteiger charge is 2.29. The molecule has 0 saturated carbocycles. The van der Waals surface area contributed by atoms with Crippen LogP contribution in [0.2, 0.25) is 0 Å². The standard InChI is InChI=1S/C13H20BrFN2OS.C13H18BrFN2OS/c2*1-5-9(15)12(17-19(18)13(2,3)4)10-7-6-8-11(14)16-10/h6-9,12,17H,5H2,1-4H3;6-9H,5H2,1-4H3/t9-,12+,19-;9-,19-/m11/s1. The largest absolute Gasteiger partial charge is 0.245 e. The van der Waals surface area contributed by atoms with Crippen molar-refractivity contribution >= 4 is 59.5 Å². The molecular weight excluding hydrogens is 662 g/mol. The first kappa shape index (κ1) is 35.1. The van der Waals surface area contributed by atoms with Crippen LogP contribution in [0.1, 0.15) is 85.7 Å². The normalized spacial score (nSPS) is 16.6. The van der Waals surface area contributed by atoms with Crippen molar-refractivity contribution in [2.24, 2.45) is 4.40 Å². The van der Waals surface area contributed by atoms with Gasteiger partial charge in [-0.2, -0.15) is 4.40 Å². The molecule has 0 spiro atoms. The third-order valence-corrected chi connectivity index (χ3v) is 8.81. The average Bonchev–Trinajstić information content (AvgIpc) is 2.83. The highest BCUT2D eigenvalue weighted by molar-refractivity contribution is 9.10. The van der Waals surface area contributed by atoms with E-state index in [1.54, 1.807) is 71.0 Å². The van der Waals surface area contributed by atoms with E-state index in [-0.39, 0.29) is 12.1 Å². The van der Waals surface area contributed by atoms with Crippen LogP contribution in [0.4, 0.5) is 8.78 Å². The third-order valence-electron chi connectivity index (χ3n) is 4.93. The molecule has 0 saturated heterocycles. The van der Waals surface area contributed by atoms with E-state index in [2.05, 4.69) is 50.9 Å². The molecule has 0 unspecified atom stereocenters. The topological polar surface area (TPSA) is 84.3 Å². The molecule has 6 nitrogen and oxygen atoms in total. The second-order valence-corrected chi connectivity index (χ2v) is 15.9. The van der Waals surface area contributed by atoms with Gasteiger partial charge >= 0.3 is 0 Å². The van der Waals surface area contributed by atoms with E-state index < -0.39 is 49.9 Å². The molecule has 38 heavy (non-hydrogen) atoms. The summed E-state index contributed by atoms with van der Waals surface area (Å²) in [5.74, 6) is 0. The SMILES string of the molecule is CC[C@@H](F)C(=N[S@](=O)C(C)(C)C)c1cccc(Br)n1.CC[C@@H](F)[C@H](N[S@](=O)C(C)(C)C)c1cccc(Br)n1. The van der Waals surface area contributed by atoms with Gasteiger partial charge in [0.2, 0.25) is 0 Å². The minimum atomic E-state index is -1.50. The maximum absolute atomic E-state index is 14.1. The molecular formula is C26H38Br2F2N4O2S2. The van der Waals surface area contributed by atoms with Gasteiger partial charge in [0.1, 0.15) is 38.2 Å². The Bertz CT molecular complexity index is 1120. The molecule has 0 aliphatic rings. The summed E-state index contributed by atoms with van der Waals surface area (Å²) in [5.41, 5.74) is 1.12. The van der Waals surface area contributed by atoms with Gasteiger partial charge in [0.15, 0.2) is 0 Å². The first-order valence-electron chi connectivity index (χ1n) is 12.2. The Morgan fingerprint density at radius 3 is 1.92 bits per heavy atom. The summed E-state index contributed by atoms with van der Waals surface area (Å²) in [6.45, 7) is 14.4. The fraction of sp³-hybridized carbons (Fsp3) is 0.577. The van der Waals surface area contributed by atoms with Crippen molar-refractivity contribution in [1.29, 1.82) is 0 Å². The van der Waals surface area contributed by atoms with Crippen LogP contribution in [0, 0.1) is 0 Å². The van der Waals surface area contributed by atoms with Crippen LogP contribution in [0.3, 0.4) is 0 Å². The lowest BCUT2D eigenvalue weighted by atomic mass is 10.1. The molecule has 0 amide bonds. The summed E-state index contributed by atoms with van der Waals surface area (Å²) < 4.78 is 59.6. The van der Waals surface area contributed by atoms with Crippen LogP contribution in [0.15, 0.2) is 50.0 Å². The smallest absolute Gasteiger partial charge is 0.145 e. The van der Waals surface area contributed by atoms with Gasteiger partial charge in [-0.25, -0.2) is 31.9 Å². The molecule has 2 rings (SSSR count). The van der Waals surface area contributed by atoms with Crippen molar-refractivity contribution in [1.82, 2.24) is 14.7 Å². The number of rotatable bonds is 9. The maximum atomic E-state index is 14.1. The Morgan fingerprint density at radius 1 is 0.921 bits per heavy atom. The van der Waals surface area contributed by atoms with Crippen molar-refractivity contribution in [3.8, 4) is 0 Å². The van der Waals surface area contributed by atoms with Gasteiger partial charge < -0.3 is 0 Å². The van der Waals surface area contributed by atoms with Crippen molar-refractivity contribution in [2.45, 2.75) is 96.1 Å². The zero-order valence-corrected chi connectivity index (χ0v) is 27.9. The van der Waals surface area contributed by atoms with E-state index in [4.69, 9.17) is 0 Å². The fourth-order valence-electron chi connectivity index (χ4n) is 2.68. The third kappa shape index (κ3) is 11.7. The van der Waals surface area contributed by atoms with Crippen LogP contribution >= 0.6 is 31.9 Å². The van der Waals surface area contributed by atoms with E-state index >= 15 is 0 Å². The predicted molar refractivity (Wildman–Crippen MR) is 162 cm³/mol. The van der Waals surface area contributed by atoms with Crippen LogP contribution < -0.4 is 4.72 Å². The van der Waals surface area contributed by atoms with Crippen molar-refractivity contribution < 1.29 is 17.2 Å². The number of halogens is 4. The number of hydrogen-bond acceptors (Lipinski definition) is 4. The molecule has 2 heterocycles. The van der Waals surface area contributed by atoms with Gasteiger partial charge in [0, 0.05) is 0 Å². The molecule has 0 bridgehead atoms. The van der Waals surface area contributed by atoms with Crippen LogP contribution in [-0.2, 0) is 22.0 Å². The Labute approximate surface area is 247 Å². The molecule has 0 aliphatic carbocycles. The van der Waals surface area contributed by atoms with Crippen LogP contribution in [0.25, 0.3) is 0 Å². The number of nitrogens with zero attached hydrogens (tertiary/aromatic N) is 3. The fourth-order valence-corrected chi connectivity index (χ4v) is 4.89. The van der Waals surface area contributed by atoms with Gasteiger partial charge in [-0.3, -0.25) is 0 Å². The second-order valence-electron chi connectivity index (χ2n) is 10.3. The zero-order valence-electron chi connectivity index (χ0n) is 23.1. The quantitative estimate of drug-likeness (QED) is 0.217. The molecule has 0 radical (unpaired) electrons. The van der Waals surface area contributed by atoms with Gasteiger partial charge in [0.25, 0.3) is 0 Å². The van der Waals surface area contributed by atoms with Gasteiger partial charge in [-0.1, -0.05) is 26.0 Å². The maximum Gasteiger partial charge on any atom is 0.145 e. The molecule has 12 heteroatoms. The highest BCUT2D eigenvalue weighted by atomic mass is 79.9. The van der Waals surface area contributed by atoms with E-state index in [1.807, 2.05) is 20.8 Å². The number of pyridine rings is 2. The van der Waals surface area contributed by atoms with E-state index in [0.717, 1.165) is 0 Å². The molecule has 2 aromatic heterocycles. The lowest BCUT2D eigenvalue weighted by molar-refractivity contribution is 0.261. The minimum Gasteiger partial charge on any atom is -0.245 e. The molecule has 214 valence electrons. The highest BCUT2D eigenvalue weighted by Crippen LogP contribution is 2.24. The molecule has 0 fully saturated rings. The number of nitrogens with one attached hydrogen (secondary N) is 1. The summed E-state index contributed by atoms with van der Waals surface area (Å²) in [6.07, 6.45) is -1.79. The zero-order chi connectivity index (χ0) is 29.3. The van der Waals surface area contributed by atoms with E-state index in [9.17, 15) is 17.2 Å². The lowest BCUT2D eigenvalue weighted by Crippen LogP contribution is -2.39. The van der Waals surface area contributed by atoms with E-state index in [0.29, 0.717) is 27.0 Å². The molecule has 2 aromatic rings. The first-order valence-corrected chi connectivity index (χ1v) is 16.1. The first-order chi connectivity index (χ1) is 17.5. The van der Waals surface area contributed by atoms with Gasteiger partial charge in [0.05, 0.1) is 37.9 Å². The van der Waals surface area contributed by atoms with Gasteiger partial charge in [-0.05, 0) is 111 Å². The average molecular weight is 701 g/mol. The Morgan fingerprint density at radius 2 is 1.47 bits per heavy atom. The number of aromatic nitrogens is 2. The summed E-state index contributed by atoms with van der Waals surface area (Å²) >= 11 is 6.51. The number of hydrogen-bond donors (Lipinski definition) is 1. The molecule has 0 aliphatic heterocycles. The van der Waals surface area contributed by atoms with Crippen molar-refractivity contribution in [2.75, 3.05) is 0 Å².